The van der Waals surface area contributed by atoms with Gasteiger partial charge in [0.15, 0.2) is 6.10 Å². The van der Waals surface area contributed by atoms with Gasteiger partial charge in [-0.05, 0) is 56.9 Å². The number of carbonyl (C=O) groups is 1. The van der Waals surface area contributed by atoms with Crippen molar-refractivity contribution >= 4 is 17.6 Å². The molecule has 1 saturated heterocycles. The predicted molar refractivity (Wildman–Crippen MR) is 80.8 cm³/mol. The average Bonchev–Trinajstić information content (AvgIpc) is 2.48. The van der Waals surface area contributed by atoms with Crippen LogP contribution in [0.2, 0.25) is 5.02 Å². The Morgan fingerprint density at radius 3 is 2.95 bits per heavy atom. The molecule has 0 aromatic heterocycles. The van der Waals surface area contributed by atoms with E-state index in [-0.39, 0.29) is 6.10 Å². The van der Waals surface area contributed by atoms with E-state index in [0.29, 0.717) is 17.4 Å². The van der Waals surface area contributed by atoms with Crippen molar-refractivity contribution in [2.45, 2.75) is 45.3 Å². The second kappa shape index (κ2) is 7.78. The van der Waals surface area contributed by atoms with Crippen molar-refractivity contribution in [3.63, 3.8) is 0 Å². The lowest BCUT2D eigenvalue weighted by molar-refractivity contribution is -0.149. The standard InChI is InChI=1S/C16H21ClO4/c1-11-9-13(17)6-7-15(11)21-16(18)12(2)20-10-14-5-3-4-8-19-14/h6-7,9,12,14H,3-5,8,10H2,1-2H3. The Morgan fingerprint density at radius 2 is 2.29 bits per heavy atom. The van der Waals surface area contributed by atoms with Gasteiger partial charge < -0.3 is 14.2 Å². The maximum atomic E-state index is 12.0. The lowest BCUT2D eigenvalue weighted by Gasteiger charge is -2.23. The van der Waals surface area contributed by atoms with Gasteiger partial charge in [-0.3, -0.25) is 0 Å². The van der Waals surface area contributed by atoms with E-state index >= 15 is 0 Å². The van der Waals surface area contributed by atoms with Crippen LogP contribution in [0.15, 0.2) is 18.2 Å². The summed E-state index contributed by atoms with van der Waals surface area (Å²) in [5.74, 6) is 0.102. The third-order valence-corrected chi connectivity index (χ3v) is 3.72. The minimum Gasteiger partial charge on any atom is -0.424 e. The highest BCUT2D eigenvalue weighted by atomic mass is 35.5. The molecule has 0 saturated carbocycles. The zero-order valence-corrected chi connectivity index (χ0v) is 13.2. The molecule has 1 aliphatic heterocycles. The van der Waals surface area contributed by atoms with E-state index in [2.05, 4.69) is 0 Å². The normalized spacial score (nSPS) is 20.0. The number of aryl methyl sites for hydroxylation is 1. The summed E-state index contributed by atoms with van der Waals surface area (Å²) in [4.78, 5) is 12.0. The molecular formula is C16H21ClO4. The van der Waals surface area contributed by atoms with Crippen molar-refractivity contribution in [3.8, 4) is 5.75 Å². The summed E-state index contributed by atoms with van der Waals surface area (Å²) in [5, 5.41) is 0.617. The highest BCUT2D eigenvalue weighted by Crippen LogP contribution is 2.22. The van der Waals surface area contributed by atoms with Gasteiger partial charge in [0.2, 0.25) is 0 Å². The van der Waals surface area contributed by atoms with E-state index < -0.39 is 12.1 Å². The van der Waals surface area contributed by atoms with E-state index in [9.17, 15) is 4.79 Å². The summed E-state index contributed by atoms with van der Waals surface area (Å²) in [7, 11) is 0. The minimum atomic E-state index is -0.620. The van der Waals surface area contributed by atoms with Crippen LogP contribution in [0.3, 0.4) is 0 Å². The zero-order valence-electron chi connectivity index (χ0n) is 12.4. The van der Waals surface area contributed by atoms with Crippen molar-refractivity contribution in [1.29, 1.82) is 0 Å². The molecule has 0 N–H and O–H groups in total. The Balaban J connectivity index is 1.81. The van der Waals surface area contributed by atoms with Gasteiger partial charge in [-0.25, -0.2) is 4.79 Å². The fourth-order valence-corrected chi connectivity index (χ4v) is 2.40. The average molecular weight is 313 g/mol. The number of hydrogen-bond donors (Lipinski definition) is 0. The predicted octanol–water partition coefficient (Wildman–Crippen LogP) is 3.53. The molecule has 1 fully saturated rings. The van der Waals surface area contributed by atoms with Gasteiger partial charge in [0, 0.05) is 11.6 Å². The molecule has 0 amide bonds. The van der Waals surface area contributed by atoms with Crippen LogP contribution in [0, 0.1) is 6.92 Å². The molecule has 1 aliphatic rings. The Hall–Kier alpha value is -1.10. The van der Waals surface area contributed by atoms with Gasteiger partial charge >= 0.3 is 5.97 Å². The lowest BCUT2D eigenvalue weighted by atomic mass is 10.1. The van der Waals surface area contributed by atoms with Crippen molar-refractivity contribution in [1.82, 2.24) is 0 Å². The smallest absolute Gasteiger partial charge is 0.340 e. The number of ether oxygens (including phenoxy) is 3. The van der Waals surface area contributed by atoms with Crippen LogP contribution in [0.1, 0.15) is 31.7 Å². The van der Waals surface area contributed by atoms with E-state index in [4.69, 9.17) is 25.8 Å². The first-order chi connectivity index (χ1) is 10.1. The molecule has 5 heteroatoms. The van der Waals surface area contributed by atoms with Gasteiger partial charge in [0.05, 0.1) is 12.7 Å². The monoisotopic (exact) mass is 312 g/mol. The fraction of sp³-hybridized carbons (Fsp3) is 0.562. The number of carbonyl (C=O) groups excluding carboxylic acids is 1. The van der Waals surface area contributed by atoms with Crippen LogP contribution in [-0.2, 0) is 14.3 Å². The van der Waals surface area contributed by atoms with Crippen LogP contribution in [0.5, 0.6) is 5.75 Å². The van der Waals surface area contributed by atoms with Crippen LogP contribution >= 0.6 is 11.6 Å². The zero-order chi connectivity index (χ0) is 15.2. The quantitative estimate of drug-likeness (QED) is 0.616. The number of benzene rings is 1. The molecule has 0 bridgehead atoms. The largest absolute Gasteiger partial charge is 0.424 e. The molecule has 2 unspecified atom stereocenters. The molecule has 21 heavy (non-hydrogen) atoms. The Labute approximate surface area is 130 Å². The molecule has 1 heterocycles. The highest BCUT2D eigenvalue weighted by Gasteiger charge is 2.20. The van der Waals surface area contributed by atoms with Crippen LogP contribution in [0.25, 0.3) is 0 Å². The van der Waals surface area contributed by atoms with Gasteiger partial charge in [-0.15, -0.1) is 0 Å². The third kappa shape index (κ3) is 4.99. The minimum absolute atomic E-state index is 0.0891. The second-order valence-electron chi connectivity index (χ2n) is 5.30. The summed E-state index contributed by atoms with van der Waals surface area (Å²) >= 11 is 5.87. The molecule has 2 atom stereocenters. The SMILES string of the molecule is Cc1cc(Cl)ccc1OC(=O)C(C)OCC1CCCCO1. The summed E-state index contributed by atoms with van der Waals surface area (Å²) in [6.45, 7) is 4.74. The van der Waals surface area contributed by atoms with Crippen molar-refractivity contribution in [3.05, 3.63) is 28.8 Å². The number of hydrogen-bond acceptors (Lipinski definition) is 4. The van der Waals surface area contributed by atoms with Gasteiger partial charge in [-0.2, -0.15) is 0 Å². The Bertz CT molecular complexity index is 483. The molecular weight excluding hydrogens is 292 g/mol. The van der Waals surface area contributed by atoms with Gasteiger partial charge in [0.25, 0.3) is 0 Å². The molecule has 0 radical (unpaired) electrons. The maximum Gasteiger partial charge on any atom is 0.340 e. The van der Waals surface area contributed by atoms with Crippen LogP contribution in [0.4, 0.5) is 0 Å². The summed E-state index contributed by atoms with van der Waals surface area (Å²) in [6.07, 6.45) is 2.70. The second-order valence-corrected chi connectivity index (χ2v) is 5.73. The topological polar surface area (TPSA) is 44.8 Å². The number of halogens is 1. The molecule has 1 aromatic rings. The number of rotatable bonds is 5. The van der Waals surface area contributed by atoms with Crippen LogP contribution < -0.4 is 4.74 Å². The van der Waals surface area contributed by atoms with Crippen molar-refractivity contribution in [2.24, 2.45) is 0 Å². The fourth-order valence-electron chi connectivity index (χ4n) is 2.18. The van der Waals surface area contributed by atoms with E-state index in [1.165, 1.54) is 0 Å². The van der Waals surface area contributed by atoms with E-state index in [1.54, 1.807) is 25.1 Å². The lowest BCUT2D eigenvalue weighted by Crippen LogP contribution is -2.31. The summed E-state index contributed by atoms with van der Waals surface area (Å²) < 4.78 is 16.5. The highest BCUT2D eigenvalue weighted by molar-refractivity contribution is 6.30. The Morgan fingerprint density at radius 1 is 1.48 bits per heavy atom. The third-order valence-electron chi connectivity index (χ3n) is 3.49. The Kier molecular flexibility index (Phi) is 6.03. The van der Waals surface area contributed by atoms with E-state index in [1.807, 2.05) is 6.92 Å². The molecule has 0 spiro atoms. The molecule has 4 nitrogen and oxygen atoms in total. The van der Waals surface area contributed by atoms with E-state index in [0.717, 1.165) is 31.4 Å². The molecule has 116 valence electrons. The first kappa shape index (κ1) is 16.3. The van der Waals surface area contributed by atoms with Gasteiger partial charge in [-0.1, -0.05) is 11.6 Å². The van der Waals surface area contributed by atoms with Crippen LogP contribution in [-0.4, -0.2) is 31.4 Å². The molecule has 1 aromatic carbocycles. The van der Waals surface area contributed by atoms with Gasteiger partial charge in [0.1, 0.15) is 5.75 Å². The van der Waals surface area contributed by atoms with Crippen molar-refractivity contribution in [2.75, 3.05) is 13.2 Å². The molecule has 2 rings (SSSR count). The summed E-state index contributed by atoms with van der Waals surface area (Å²) in [5.41, 5.74) is 0.818. The summed E-state index contributed by atoms with van der Waals surface area (Å²) in [6, 6.07) is 5.14. The first-order valence-electron chi connectivity index (χ1n) is 7.27. The molecule has 0 aliphatic carbocycles. The number of esters is 1. The first-order valence-corrected chi connectivity index (χ1v) is 7.65. The van der Waals surface area contributed by atoms with Crippen molar-refractivity contribution < 1.29 is 19.0 Å². The maximum absolute atomic E-state index is 12.0.